The summed E-state index contributed by atoms with van der Waals surface area (Å²) in [5.74, 6) is -3.09. The third kappa shape index (κ3) is 12.3. The standard InChI is InChI=1S/C19H17F3N2O4.C17H12F3NO5.C3H8/c1-23(2)17(25)9-10-24-15-11-13(5-8-16(15)27-18(24)26)12-3-6-14(7-4-12)28-19(20,21)22;18-17(19,20)26-12-4-1-10(2-5-12)11-3-6-14-13(9-11)21(16(24)25-14)8-7-15(22)23;1-3-2/h3-8,11H,9-10H2,1-2H3;1-6,9H,7-8H2,(H,22,23);3H2,1-2H3. The quantitative estimate of drug-likeness (QED) is 0.134. The predicted molar refractivity (Wildman–Crippen MR) is 197 cm³/mol. The molecule has 0 bridgehead atoms. The number of benzene rings is 4. The highest BCUT2D eigenvalue weighted by molar-refractivity contribution is 5.82. The molecule has 0 atom stereocenters. The maximum atomic E-state index is 12.3. The van der Waals surface area contributed by atoms with Crippen LogP contribution in [0.5, 0.6) is 11.5 Å². The van der Waals surface area contributed by atoms with E-state index in [0.29, 0.717) is 44.5 Å². The van der Waals surface area contributed by atoms with Crippen molar-refractivity contribution >= 4 is 34.1 Å². The van der Waals surface area contributed by atoms with Gasteiger partial charge in [-0.1, -0.05) is 56.7 Å². The highest BCUT2D eigenvalue weighted by Gasteiger charge is 2.31. The number of aliphatic carboxylic acids is 1. The molecule has 12 nitrogen and oxygen atoms in total. The fourth-order valence-corrected chi connectivity index (χ4v) is 5.24. The third-order valence-corrected chi connectivity index (χ3v) is 7.77. The molecule has 6 rings (SSSR count). The van der Waals surface area contributed by atoms with Crippen molar-refractivity contribution in [3.63, 3.8) is 0 Å². The van der Waals surface area contributed by atoms with Gasteiger partial charge in [0, 0.05) is 33.6 Å². The zero-order valence-corrected chi connectivity index (χ0v) is 30.9. The molecular formula is C39H37F6N3O9. The number of amides is 1. The lowest BCUT2D eigenvalue weighted by molar-refractivity contribution is -0.275. The van der Waals surface area contributed by atoms with Crippen molar-refractivity contribution in [3.8, 4) is 33.8 Å². The lowest BCUT2D eigenvalue weighted by atomic mass is 10.1. The van der Waals surface area contributed by atoms with Gasteiger partial charge in [0.05, 0.1) is 17.5 Å². The van der Waals surface area contributed by atoms with Crippen LogP contribution in [0.2, 0.25) is 0 Å². The molecule has 0 fully saturated rings. The Balaban J connectivity index is 0.000000237. The topological polar surface area (TPSA) is 146 Å². The molecule has 2 aromatic heterocycles. The Morgan fingerprint density at radius 3 is 1.32 bits per heavy atom. The molecule has 1 N–H and O–H groups in total. The van der Waals surface area contributed by atoms with E-state index in [1.807, 2.05) is 0 Å². The van der Waals surface area contributed by atoms with Gasteiger partial charge in [-0.3, -0.25) is 18.7 Å². The zero-order chi connectivity index (χ0) is 42.1. The summed E-state index contributed by atoms with van der Waals surface area (Å²) >= 11 is 0. The van der Waals surface area contributed by atoms with E-state index in [0.717, 1.165) is 0 Å². The molecule has 1 amide bonds. The summed E-state index contributed by atoms with van der Waals surface area (Å²) in [7, 11) is 3.26. The number of hydrogen-bond acceptors (Lipinski definition) is 8. The molecule has 0 aliphatic heterocycles. The first-order valence-electron chi connectivity index (χ1n) is 17.2. The van der Waals surface area contributed by atoms with Gasteiger partial charge in [-0.05, 0) is 70.8 Å². The number of carbonyl (C=O) groups is 2. The third-order valence-electron chi connectivity index (χ3n) is 7.77. The summed E-state index contributed by atoms with van der Waals surface area (Å²) < 4.78 is 94.0. The first-order chi connectivity index (χ1) is 26.8. The van der Waals surface area contributed by atoms with Crippen LogP contribution in [0.3, 0.4) is 0 Å². The van der Waals surface area contributed by atoms with Gasteiger partial charge < -0.3 is 28.3 Å². The van der Waals surface area contributed by atoms with Crippen molar-refractivity contribution in [2.75, 3.05) is 14.1 Å². The highest BCUT2D eigenvalue weighted by Crippen LogP contribution is 2.30. The number of aryl methyl sites for hydroxylation is 2. The van der Waals surface area contributed by atoms with Crippen molar-refractivity contribution < 1.29 is 59.3 Å². The van der Waals surface area contributed by atoms with Crippen molar-refractivity contribution in [3.05, 3.63) is 106 Å². The number of ether oxygens (including phenoxy) is 2. The van der Waals surface area contributed by atoms with Gasteiger partial charge in [0.15, 0.2) is 11.2 Å². The Hall–Kier alpha value is -6.46. The van der Waals surface area contributed by atoms with Crippen LogP contribution in [-0.2, 0) is 22.7 Å². The molecule has 304 valence electrons. The summed E-state index contributed by atoms with van der Waals surface area (Å²) in [6, 6.07) is 20.5. The molecule has 57 heavy (non-hydrogen) atoms. The second-order valence-corrected chi connectivity index (χ2v) is 12.4. The maximum Gasteiger partial charge on any atom is 0.573 e. The molecule has 0 saturated heterocycles. The van der Waals surface area contributed by atoms with Gasteiger partial charge in [-0.2, -0.15) is 0 Å². The Morgan fingerprint density at radius 1 is 0.632 bits per heavy atom. The van der Waals surface area contributed by atoms with Gasteiger partial charge in [0.1, 0.15) is 11.5 Å². The van der Waals surface area contributed by atoms with Crippen LogP contribution in [0.15, 0.2) is 103 Å². The van der Waals surface area contributed by atoms with E-state index < -0.39 is 30.2 Å². The van der Waals surface area contributed by atoms with E-state index in [-0.39, 0.29) is 43.3 Å². The number of halogens is 6. The molecule has 6 aromatic rings. The first kappa shape index (κ1) is 43.3. The Labute approximate surface area is 320 Å². The molecule has 0 saturated carbocycles. The van der Waals surface area contributed by atoms with Crippen molar-refractivity contribution in [2.45, 2.75) is 58.9 Å². The molecule has 0 radical (unpaired) electrons. The van der Waals surface area contributed by atoms with Crippen molar-refractivity contribution in [2.24, 2.45) is 0 Å². The number of carbonyl (C=O) groups excluding carboxylic acids is 1. The molecule has 0 spiro atoms. The predicted octanol–water partition coefficient (Wildman–Crippen LogP) is 8.69. The number of rotatable bonds is 10. The molecule has 0 aliphatic carbocycles. The van der Waals surface area contributed by atoms with Crippen LogP contribution in [0, 0.1) is 0 Å². The molecule has 18 heteroatoms. The van der Waals surface area contributed by atoms with Crippen LogP contribution < -0.4 is 21.0 Å². The van der Waals surface area contributed by atoms with Crippen LogP contribution >= 0.6 is 0 Å². The maximum absolute atomic E-state index is 12.3. The monoisotopic (exact) mass is 805 g/mol. The summed E-state index contributed by atoms with van der Waals surface area (Å²) in [6.07, 6.45) is -8.38. The molecule has 2 heterocycles. The van der Waals surface area contributed by atoms with Crippen molar-refractivity contribution in [1.82, 2.24) is 14.0 Å². The fourth-order valence-electron chi connectivity index (χ4n) is 5.24. The van der Waals surface area contributed by atoms with Crippen LogP contribution in [0.4, 0.5) is 26.3 Å². The average molecular weight is 806 g/mol. The molecule has 4 aromatic carbocycles. The second-order valence-electron chi connectivity index (χ2n) is 12.4. The van der Waals surface area contributed by atoms with E-state index in [1.165, 1.54) is 69.0 Å². The lowest BCUT2D eigenvalue weighted by Crippen LogP contribution is -2.25. The molecule has 0 unspecified atom stereocenters. The normalized spacial score (nSPS) is 11.3. The largest absolute Gasteiger partial charge is 0.573 e. The number of fused-ring (bicyclic) bond motifs is 2. The molecule has 0 aliphatic rings. The smallest absolute Gasteiger partial charge is 0.481 e. The van der Waals surface area contributed by atoms with Crippen molar-refractivity contribution in [1.29, 1.82) is 0 Å². The highest BCUT2D eigenvalue weighted by atomic mass is 19.4. The molecular weight excluding hydrogens is 768 g/mol. The SMILES string of the molecule is CCC.CN(C)C(=O)CCn1c(=O)oc2ccc(-c3ccc(OC(F)(F)F)cc3)cc21.O=C(O)CCn1c(=O)oc2ccc(-c3ccc(OC(F)(F)F)cc3)cc21. The number of carboxylic acid groups (broad SMARTS) is 1. The minimum absolute atomic E-state index is 0.0526. The van der Waals surface area contributed by atoms with E-state index in [4.69, 9.17) is 13.9 Å². The minimum Gasteiger partial charge on any atom is -0.481 e. The van der Waals surface area contributed by atoms with Crippen LogP contribution in [0.25, 0.3) is 44.5 Å². The zero-order valence-electron chi connectivity index (χ0n) is 30.9. The number of nitrogens with zero attached hydrogens (tertiary/aromatic N) is 3. The lowest BCUT2D eigenvalue weighted by Gasteiger charge is -2.10. The summed E-state index contributed by atoms with van der Waals surface area (Å²) in [4.78, 5) is 47.9. The number of hydrogen-bond donors (Lipinski definition) is 1. The van der Waals surface area contributed by atoms with Crippen LogP contribution in [0.1, 0.15) is 33.1 Å². The van der Waals surface area contributed by atoms with Gasteiger partial charge in [-0.25, -0.2) is 9.59 Å². The van der Waals surface area contributed by atoms with E-state index in [1.54, 1.807) is 50.5 Å². The second kappa shape index (κ2) is 18.4. The number of carboxylic acids is 1. The number of alkyl halides is 6. The van der Waals surface area contributed by atoms with Gasteiger partial charge in [0.2, 0.25) is 5.91 Å². The minimum atomic E-state index is -4.77. The summed E-state index contributed by atoms with van der Waals surface area (Å²) in [6.45, 7) is 4.35. The fraction of sp³-hybridized carbons (Fsp3) is 0.282. The Kier molecular flexibility index (Phi) is 14.0. The van der Waals surface area contributed by atoms with Gasteiger partial charge in [0.25, 0.3) is 0 Å². The summed E-state index contributed by atoms with van der Waals surface area (Å²) in [5, 5.41) is 8.78. The first-order valence-corrected chi connectivity index (χ1v) is 17.2. The number of oxazole rings is 2. The number of aromatic nitrogens is 2. The van der Waals surface area contributed by atoms with E-state index in [9.17, 15) is 45.5 Å². The van der Waals surface area contributed by atoms with E-state index >= 15 is 0 Å². The summed E-state index contributed by atoms with van der Waals surface area (Å²) in [5.41, 5.74) is 4.11. The Morgan fingerprint density at radius 2 is 0.982 bits per heavy atom. The average Bonchev–Trinajstić information content (AvgIpc) is 3.62. The van der Waals surface area contributed by atoms with Crippen LogP contribution in [-0.4, -0.2) is 57.8 Å². The van der Waals surface area contributed by atoms with Gasteiger partial charge >= 0.3 is 30.2 Å². The Bertz CT molecular complexity index is 2410. The van der Waals surface area contributed by atoms with E-state index in [2.05, 4.69) is 23.3 Å². The van der Waals surface area contributed by atoms with Gasteiger partial charge in [-0.15, -0.1) is 26.3 Å².